The van der Waals surface area contributed by atoms with E-state index in [2.05, 4.69) is 114 Å². The molecular formula is C25H32N8S. The van der Waals surface area contributed by atoms with E-state index in [0.29, 0.717) is 0 Å². The third-order valence-electron chi connectivity index (χ3n) is 6.33. The molecule has 0 radical (unpaired) electrons. The molecule has 0 bridgehead atoms. The lowest BCUT2D eigenvalue weighted by molar-refractivity contribution is 0.191. The van der Waals surface area contributed by atoms with Crippen LogP contribution in [0.4, 0.5) is 10.8 Å². The summed E-state index contributed by atoms with van der Waals surface area (Å²) in [4.78, 5) is 11.9. The van der Waals surface area contributed by atoms with Crippen molar-refractivity contribution < 1.29 is 0 Å². The van der Waals surface area contributed by atoms with Crippen LogP contribution >= 0.6 is 11.3 Å². The van der Waals surface area contributed by atoms with E-state index < -0.39 is 0 Å². The molecule has 34 heavy (non-hydrogen) atoms. The maximum Gasteiger partial charge on any atom is 0.186 e. The predicted molar refractivity (Wildman–Crippen MR) is 139 cm³/mol. The Balaban J connectivity index is 1.43. The largest absolute Gasteiger partial charge is 0.378 e. The van der Waals surface area contributed by atoms with Crippen LogP contribution in [0.2, 0.25) is 0 Å². The molecule has 1 aliphatic rings. The van der Waals surface area contributed by atoms with Gasteiger partial charge in [-0.15, -0.1) is 5.10 Å². The van der Waals surface area contributed by atoms with Crippen molar-refractivity contribution >= 4 is 32.4 Å². The maximum atomic E-state index is 4.87. The van der Waals surface area contributed by atoms with Gasteiger partial charge in [0.05, 0.1) is 21.8 Å². The lowest BCUT2D eigenvalue weighted by atomic mass is 10.0. The molecule has 178 valence electrons. The summed E-state index contributed by atoms with van der Waals surface area (Å²) >= 11 is 1.77. The molecule has 1 atom stereocenters. The molecule has 4 aromatic rings. The zero-order chi connectivity index (χ0) is 23.9. The monoisotopic (exact) mass is 476 g/mol. The summed E-state index contributed by atoms with van der Waals surface area (Å²) in [6.07, 6.45) is 0. The number of hydrogen-bond acceptors (Lipinski definition) is 8. The highest BCUT2D eigenvalue weighted by molar-refractivity contribution is 7.22. The Morgan fingerprint density at radius 3 is 2.29 bits per heavy atom. The van der Waals surface area contributed by atoms with Crippen molar-refractivity contribution in [2.75, 3.05) is 50.1 Å². The van der Waals surface area contributed by atoms with Gasteiger partial charge in [-0.05, 0) is 61.0 Å². The van der Waals surface area contributed by atoms with Gasteiger partial charge in [0.15, 0.2) is 11.0 Å². The molecule has 0 amide bonds. The van der Waals surface area contributed by atoms with E-state index in [-0.39, 0.29) is 11.6 Å². The van der Waals surface area contributed by atoms with Gasteiger partial charge < -0.3 is 9.80 Å². The molecule has 2 aromatic heterocycles. The highest BCUT2D eigenvalue weighted by Gasteiger charge is 2.33. The zero-order valence-corrected chi connectivity index (χ0v) is 21.3. The number of fused-ring (bicyclic) bond motifs is 1. The Morgan fingerprint density at radius 1 is 0.941 bits per heavy atom. The summed E-state index contributed by atoms with van der Waals surface area (Å²) in [7, 11) is 4.13. The second-order valence-corrected chi connectivity index (χ2v) is 11.0. The molecule has 0 saturated carbocycles. The molecule has 8 nitrogen and oxygen atoms in total. The van der Waals surface area contributed by atoms with E-state index >= 15 is 0 Å². The van der Waals surface area contributed by atoms with Crippen LogP contribution in [0.15, 0.2) is 48.5 Å². The Kier molecular flexibility index (Phi) is 5.99. The van der Waals surface area contributed by atoms with Gasteiger partial charge in [0.2, 0.25) is 0 Å². The van der Waals surface area contributed by atoms with Gasteiger partial charge in [-0.2, -0.15) is 0 Å². The standard InChI is InChI=1S/C25H32N8S/c1-25(2,3)33-23(27-28-29-33)22(18-10-12-19(13-11-18)30(4)5)31-14-16-32(17-15-31)24-26-20-8-6-7-9-21(20)34-24/h6-13,22H,14-17H2,1-5H3/t22-/m0/s1. The third-order valence-corrected chi connectivity index (χ3v) is 7.43. The molecule has 9 heteroatoms. The van der Waals surface area contributed by atoms with Crippen molar-refractivity contribution in [1.82, 2.24) is 30.1 Å². The number of rotatable bonds is 5. The van der Waals surface area contributed by atoms with E-state index in [1.807, 2.05) is 4.68 Å². The average molecular weight is 477 g/mol. The van der Waals surface area contributed by atoms with E-state index in [4.69, 9.17) is 4.98 Å². The van der Waals surface area contributed by atoms with Crippen LogP contribution in [0.5, 0.6) is 0 Å². The lowest BCUT2D eigenvalue weighted by Gasteiger charge is -2.39. The average Bonchev–Trinajstić information content (AvgIpc) is 3.47. The number of tetrazole rings is 1. The minimum Gasteiger partial charge on any atom is -0.378 e. The van der Waals surface area contributed by atoms with Gasteiger partial charge in [-0.3, -0.25) is 4.90 Å². The normalized spacial score (nSPS) is 16.2. The first-order chi connectivity index (χ1) is 16.3. The first kappa shape index (κ1) is 22.7. The smallest absolute Gasteiger partial charge is 0.186 e. The van der Waals surface area contributed by atoms with Crippen LogP contribution in [0.3, 0.4) is 0 Å². The van der Waals surface area contributed by atoms with Crippen LogP contribution in [0.1, 0.15) is 38.2 Å². The van der Waals surface area contributed by atoms with Crippen molar-refractivity contribution in [3.05, 3.63) is 59.9 Å². The highest BCUT2D eigenvalue weighted by atomic mass is 32.1. The van der Waals surface area contributed by atoms with E-state index in [1.54, 1.807) is 11.3 Å². The fourth-order valence-electron chi connectivity index (χ4n) is 4.49. The topological polar surface area (TPSA) is 66.2 Å². The lowest BCUT2D eigenvalue weighted by Crippen LogP contribution is -2.48. The molecule has 3 heterocycles. The number of para-hydroxylation sites is 1. The molecule has 1 fully saturated rings. The number of benzene rings is 2. The number of thiazole rings is 1. The van der Waals surface area contributed by atoms with Gasteiger partial charge in [-0.25, -0.2) is 9.67 Å². The Bertz CT molecular complexity index is 1210. The molecule has 0 unspecified atom stereocenters. The molecule has 1 aliphatic heterocycles. The molecule has 0 N–H and O–H groups in total. The van der Waals surface area contributed by atoms with Crippen molar-refractivity contribution in [2.45, 2.75) is 32.4 Å². The van der Waals surface area contributed by atoms with Crippen LogP contribution < -0.4 is 9.80 Å². The SMILES string of the molecule is CN(C)c1ccc([C@@H](c2nnnn2C(C)(C)C)N2CCN(c3nc4ccccc4s3)CC2)cc1. The number of anilines is 2. The second kappa shape index (κ2) is 8.96. The first-order valence-corrected chi connectivity index (χ1v) is 12.5. The van der Waals surface area contributed by atoms with Gasteiger partial charge >= 0.3 is 0 Å². The van der Waals surface area contributed by atoms with Crippen molar-refractivity contribution in [2.24, 2.45) is 0 Å². The molecule has 2 aromatic carbocycles. The quantitative estimate of drug-likeness (QED) is 0.431. The summed E-state index contributed by atoms with van der Waals surface area (Å²) in [5.74, 6) is 0.888. The number of aromatic nitrogens is 5. The Morgan fingerprint density at radius 2 is 1.65 bits per heavy atom. The minimum absolute atomic E-state index is 0.0112. The Labute approximate surface area is 204 Å². The minimum atomic E-state index is -0.205. The van der Waals surface area contributed by atoms with Crippen molar-refractivity contribution in [3.63, 3.8) is 0 Å². The predicted octanol–water partition coefficient (Wildman–Crippen LogP) is 4.02. The van der Waals surface area contributed by atoms with Crippen molar-refractivity contribution in [1.29, 1.82) is 0 Å². The summed E-state index contributed by atoms with van der Waals surface area (Å²) in [6.45, 7) is 10.1. The van der Waals surface area contributed by atoms with Crippen LogP contribution in [0, 0.1) is 0 Å². The van der Waals surface area contributed by atoms with Gasteiger partial charge in [0, 0.05) is 46.0 Å². The van der Waals surface area contributed by atoms with Gasteiger partial charge in [0.25, 0.3) is 0 Å². The van der Waals surface area contributed by atoms with Crippen LogP contribution in [-0.4, -0.2) is 70.4 Å². The summed E-state index contributed by atoms with van der Waals surface area (Å²) < 4.78 is 3.21. The van der Waals surface area contributed by atoms with Gasteiger partial charge in [-0.1, -0.05) is 35.6 Å². The number of piperazine rings is 1. The molecule has 0 aliphatic carbocycles. The zero-order valence-electron chi connectivity index (χ0n) is 20.5. The van der Waals surface area contributed by atoms with Crippen LogP contribution in [-0.2, 0) is 5.54 Å². The van der Waals surface area contributed by atoms with Gasteiger partial charge in [0.1, 0.15) is 0 Å². The molecule has 5 rings (SSSR count). The molecule has 1 saturated heterocycles. The second-order valence-electron chi connectivity index (χ2n) is 10.00. The highest BCUT2D eigenvalue weighted by Crippen LogP contribution is 2.34. The summed E-state index contributed by atoms with van der Waals surface area (Å²) in [5, 5.41) is 14.1. The van der Waals surface area contributed by atoms with E-state index in [1.165, 1.54) is 16.0 Å². The molecule has 0 spiro atoms. The fourth-order valence-corrected chi connectivity index (χ4v) is 5.50. The number of nitrogens with zero attached hydrogens (tertiary/aromatic N) is 8. The Hall–Kier alpha value is -3.04. The van der Waals surface area contributed by atoms with Crippen molar-refractivity contribution in [3.8, 4) is 0 Å². The van der Waals surface area contributed by atoms with E-state index in [0.717, 1.165) is 42.7 Å². The first-order valence-electron chi connectivity index (χ1n) is 11.7. The number of hydrogen-bond donors (Lipinski definition) is 0. The fraction of sp³-hybridized carbons (Fsp3) is 0.440. The summed E-state index contributed by atoms with van der Waals surface area (Å²) in [5.41, 5.74) is 3.26. The maximum absolute atomic E-state index is 4.87. The molecular weight excluding hydrogens is 444 g/mol. The van der Waals surface area contributed by atoms with E-state index in [9.17, 15) is 0 Å². The van der Waals surface area contributed by atoms with Crippen LogP contribution in [0.25, 0.3) is 10.2 Å². The summed E-state index contributed by atoms with van der Waals surface area (Å²) in [6, 6.07) is 17.1. The third kappa shape index (κ3) is 4.37.